The van der Waals surface area contributed by atoms with Crippen molar-refractivity contribution in [2.45, 2.75) is 53.6 Å². The van der Waals surface area contributed by atoms with E-state index in [1.54, 1.807) is 0 Å². The molecule has 0 radical (unpaired) electrons. The van der Waals surface area contributed by atoms with Gasteiger partial charge in [-0.15, -0.1) is 0 Å². The number of halogens is 1. The Kier molecular flexibility index (Phi) is 7.34. The normalized spacial score (nSPS) is 13.9. The highest BCUT2D eigenvalue weighted by atomic mass is 127. The maximum atomic E-state index is 2.42. The fourth-order valence-electron chi connectivity index (χ4n) is 5.82. The molecule has 1 heterocycles. The fourth-order valence-corrected chi connectivity index (χ4v) is 5.82. The summed E-state index contributed by atoms with van der Waals surface area (Å²) in [6.45, 7) is 14.1. The summed E-state index contributed by atoms with van der Waals surface area (Å²) in [4.78, 5) is 0. The van der Waals surface area contributed by atoms with Crippen molar-refractivity contribution in [1.29, 1.82) is 0 Å². The lowest BCUT2D eigenvalue weighted by Crippen LogP contribution is -3.00. The number of benzene rings is 4. The number of hydrogen-bond acceptors (Lipinski definition) is 0. The van der Waals surface area contributed by atoms with Gasteiger partial charge in [-0.1, -0.05) is 126 Å². The van der Waals surface area contributed by atoms with Crippen LogP contribution in [-0.2, 0) is 0 Å². The van der Waals surface area contributed by atoms with Crippen LogP contribution in [0.5, 0.6) is 0 Å². The molecule has 0 spiro atoms. The number of aromatic nitrogens is 2. The zero-order valence-electron chi connectivity index (χ0n) is 22.2. The van der Waals surface area contributed by atoms with Crippen molar-refractivity contribution in [3.8, 4) is 0 Å². The third-order valence-electron chi connectivity index (χ3n) is 7.15. The van der Waals surface area contributed by atoms with E-state index in [2.05, 4.69) is 154 Å². The summed E-state index contributed by atoms with van der Waals surface area (Å²) in [5.41, 5.74) is 2.82. The molecule has 0 unspecified atom stereocenters. The molecule has 4 aromatic carbocycles. The zero-order chi connectivity index (χ0) is 24.8. The van der Waals surface area contributed by atoms with Gasteiger partial charge in [-0.05, 0) is 21.5 Å². The minimum atomic E-state index is 0. The van der Waals surface area contributed by atoms with Crippen LogP contribution in [0.1, 0.15) is 64.8 Å². The van der Waals surface area contributed by atoms with Gasteiger partial charge in [0, 0.05) is 22.0 Å². The highest BCUT2D eigenvalue weighted by molar-refractivity contribution is 5.87. The van der Waals surface area contributed by atoms with E-state index in [1.165, 1.54) is 32.7 Å². The van der Waals surface area contributed by atoms with Crippen molar-refractivity contribution < 1.29 is 28.5 Å². The number of rotatable bonds is 4. The first-order chi connectivity index (χ1) is 16.6. The molecule has 0 aliphatic carbocycles. The van der Waals surface area contributed by atoms with E-state index in [-0.39, 0.29) is 46.9 Å². The molecule has 186 valence electrons. The lowest BCUT2D eigenvalue weighted by molar-refractivity contribution is -0.725. The van der Waals surface area contributed by atoms with Gasteiger partial charge in [0.2, 0.25) is 6.33 Å². The Morgan fingerprint density at radius 3 is 1.67 bits per heavy atom. The van der Waals surface area contributed by atoms with Gasteiger partial charge in [-0.3, -0.25) is 0 Å². The molecule has 0 aliphatic rings. The van der Waals surface area contributed by atoms with Gasteiger partial charge in [-0.2, -0.15) is 0 Å². The summed E-state index contributed by atoms with van der Waals surface area (Å²) in [5, 5.41) is 5.25. The monoisotopic (exact) mass is 588 g/mol. The predicted molar refractivity (Wildman–Crippen MR) is 148 cm³/mol. The second-order valence-corrected chi connectivity index (χ2v) is 12.0. The van der Waals surface area contributed by atoms with Crippen LogP contribution >= 0.6 is 0 Å². The Hall–Kier alpha value is -2.66. The highest BCUT2D eigenvalue weighted by Gasteiger charge is 2.37. The Labute approximate surface area is 233 Å². The molecule has 1 aromatic heterocycles. The maximum Gasteiger partial charge on any atom is 0.244 e. The number of fused-ring (bicyclic) bond motifs is 2. The molecule has 5 rings (SSSR count). The average Bonchev–Trinajstić information content (AvgIpc) is 3.26. The van der Waals surface area contributed by atoms with Crippen LogP contribution in [0.2, 0.25) is 0 Å². The van der Waals surface area contributed by atoms with Crippen molar-refractivity contribution in [1.82, 2.24) is 4.57 Å². The summed E-state index contributed by atoms with van der Waals surface area (Å²) in [6.07, 6.45) is 6.86. The molecule has 2 atom stereocenters. The van der Waals surface area contributed by atoms with Gasteiger partial charge in [-0.25, -0.2) is 9.13 Å². The number of imidazole rings is 1. The summed E-state index contributed by atoms with van der Waals surface area (Å²) in [5.74, 6) is 0. The minimum Gasteiger partial charge on any atom is -1.00 e. The van der Waals surface area contributed by atoms with Gasteiger partial charge < -0.3 is 24.0 Å². The molecule has 0 saturated carbocycles. The highest BCUT2D eigenvalue weighted by Crippen LogP contribution is 2.40. The summed E-state index contributed by atoms with van der Waals surface area (Å²) < 4.78 is 4.84. The van der Waals surface area contributed by atoms with E-state index in [1.807, 2.05) is 0 Å². The van der Waals surface area contributed by atoms with E-state index < -0.39 is 0 Å². The maximum absolute atomic E-state index is 2.42. The molecule has 3 heteroatoms. The van der Waals surface area contributed by atoms with Gasteiger partial charge >= 0.3 is 0 Å². The van der Waals surface area contributed by atoms with Crippen molar-refractivity contribution in [3.63, 3.8) is 0 Å². The molecule has 0 fully saturated rings. The Morgan fingerprint density at radius 2 is 1.11 bits per heavy atom. The quantitative estimate of drug-likeness (QED) is 0.198. The first-order valence-corrected chi connectivity index (χ1v) is 12.7. The third-order valence-corrected chi connectivity index (χ3v) is 7.15. The molecule has 36 heavy (non-hydrogen) atoms. The molecular weight excluding hydrogens is 551 g/mol. The van der Waals surface area contributed by atoms with Crippen LogP contribution in [-0.4, -0.2) is 4.57 Å². The zero-order valence-corrected chi connectivity index (χ0v) is 24.4. The second-order valence-electron chi connectivity index (χ2n) is 12.0. The number of nitrogens with zero attached hydrogens (tertiary/aromatic N) is 2. The Morgan fingerprint density at radius 1 is 0.611 bits per heavy atom. The minimum absolute atomic E-state index is 0. The van der Waals surface area contributed by atoms with Crippen LogP contribution in [0.25, 0.3) is 21.5 Å². The van der Waals surface area contributed by atoms with Crippen LogP contribution < -0.4 is 28.5 Å². The van der Waals surface area contributed by atoms with E-state index in [0.29, 0.717) is 0 Å². The van der Waals surface area contributed by atoms with Crippen molar-refractivity contribution in [3.05, 3.63) is 115 Å². The van der Waals surface area contributed by atoms with E-state index in [4.69, 9.17) is 0 Å². The molecule has 0 bridgehead atoms. The summed E-state index contributed by atoms with van der Waals surface area (Å²) in [7, 11) is 0. The van der Waals surface area contributed by atoms with Crippen molar-refractivity contribution in [2.75, 3.05) is 0 Å². The molecular formula is C33H37IN2. The van der Waals surface area contributed by atoms with Gasteiger partial charge in [0.15, 0.2) is 0 Å². The van der Waals surface area contributed by atoms with Crippen LogP contribution in [0.4, 0.5) is 0 Å². The van der Waals surface area contributed by atoms with Crippen LogP contribution in [0.3, 0.4) is 0 Å². The predicted octanol–water partition coefficient (Wildman–Crippen LogP) is 5.36. The SMILES string of the molecule is CC(C)(C)[C@H](c1cccc2ccccc12)[n+]1ccn([C@H](c2cccc3ccccc23)C(C)(C)C)c1.[I-]. The lowest BCUT2D eigenvalue weighted by atomic mass is 9.80. The molecule has 2 nitrogen and oxygen atoms in total. The smallest absolute Gasteiger partial charge is 0.244 e. The second kappa shape index (κ2) is 10.0. The summed E-state index contributed by atoms with van der Waals surface area (Å²) >= 11 is 0. The lowest BCUT2D eigenvalue weighted by Gasteiger charge is -2.30. The molecule has 0 saturated heterocycles. The van der Waals surface area contributed by atoms with E-state index in [9.17, 15) is 0 Å². The summed E-state index contributed by atoms with van der Waals surface area (Å²) in [6, 6.07) is 31.3. The largest absolute Gasteiger partial charge is 1.00 e. The van der Waals surface area contributed by atoms with Crippen LogP contribution in [0, 0.1) is 10.8 Å². The number of hydrogen-bond donors (Lipinski definition) is 0. The topological polar surface area (TPSA) is 8.81 Å². The Balaban J connectivity index is 0.00000304. The first kappa shape index (κ1) is 26.4. The van der Waals surface area contributed by atoms with E-state index in [0.717, 1.165) is 0 Å². The average molecular weight is 589 g/mol. The van der Waals surface area contributed by atoms with Gasteiger partial charge in [0.25, 0.3) is 0 Å². The molecule has 0 N–H and O–H groups in total. The van der Waals surface area contributed by atoms with Crippen molar-refractivity contribution in [2.24, 2.45) is 10.8 Å². The van der Waals surface area contributed by atoms with Gasteiger partial charge in [0.05, 0.1) is 0 Å². The Bertz CT molecular complexity index is 1360. The fraction of sp³-hybridized carbons (Fsp3) is 0.303. The van der Waals surface area contributed by atoms with Gasteiger partial charge in [0.1, 0.15) is 24.5 Å². The van der Waals surface area contributed by atoms with Crippen LogP contribution in [0.15, 0.2) is 104 Å². The molecule has 0 amide bonds. The molecule has 5 aromatic rings. The first-order valence-electron chi connectivity index (χ1n) is 12.7. The van der Waals surface area contributed by atoms with Crippen molar-refractivity contribution >= 4 is 21.5 Å². The van der Waals surface area contributed by atoms with E-state index >= 15 is 0 Å². The third kappa shape index (κ3) is 4.95. The standard InChI is InChI=1S/C33H37N2.HI/c1-32(2,3)30(28-19-11-15-24-13-7-9-17-26(24)28)34-21-22-35(23-34)31(33(4,5)6)29-20-12-16-25-14-8-10-18-27(25)29;/h7-23,30-31H,1-6H3;1H/q+1;/p-1/t30-,31+;. The molecule has 0 aliphatic heterocycles.